The molecule has 1 fully saturated rings. The number of aromatic nitrogens is 2. The summed E-state index contributed by atoms with van der Waals surface area (Å²) in [6.07, 6.45) is 3.27. The summed E-state index contributed by atoms with van der Waals surface area (Å²) in [6.45, 7) is 3.12. The molecule has 98 valence electrons. The number of rotatable bonds is 2. The van der Waals surface area contributed by atoms with Crippen molar-refractivity contribution in [1.29, 1.82) is 0 Å². The van der Waals surface area contributed by atoms with E-state index in [1.54, 1.807) is 0 Å². The van der Waals surface area contributed by atoms with Crippen LogP contribution in [0.4, 0.5) is 11.5 Å². The summed E-state index contributed by atoms with van der Waals surface area (Å²) in [4.78, 5) is 21.0. The average molecular weight is 270 g/mol. The summed E-state index contributed by atoms with van der Waals surface area (Å²) >= 11 is 5.77. The molecular weight excluding hydrogens is 254 g/mol. The predicted molar refractivity (Wildman–Crippen MR) is 70.5 cm³/mol. The van der Waals surface area contributed by atoms with Crippen molar-refractivity contribution in [3.8, 4) is 0 Å². The van der Waals surface area contributed by atoms with E-state index in [4.69, 9.17) is 17.3 Å². The maximum atomic E-state index is 11.0. The van der Waals surface area contributed by atoms with Crippen molar-refractivity contribution in [2.24, 2.45) is 0 Å². The minimum Gasteiger partial charge on any atom is -0.394 e. The van der Waals surface area contributed by atoms with Crippen LogP contribution < -0.4 is 16.0 Å². The second-order valence-corrected chi connectivity index (χ2v) is 4.72. The first-order chi connectivity index (χ1) is 8.56. The quantitative estimate of drug-likeness (QED) is 0.777. The summed E-state index contributed by atoms with van der Waals surface area (Å²) in [7, 11) is 0. The lowest BCUT2D eigenvalue weighted by Gasteiger charge is -2.33. The number of nitrogens with zero attached hydrogens (tertiary/aromatic N) is 3. The Morgan fingerprint density at radius 3 is 2.83 bits per heavy atom. The van der Waals surface area contributed by atoms with Crippen LogP contribution >= 0.6 is 11.6 Å². The highest BCUT2D eigenvalue weighted by molar-refractivity contribution is 6.28. The van der Waals surface area contributed by atoms with Gasteiger partial charge in [0, 0.05) is 26.1 Å². The topological polar surface area (TPSA) is 84.1 Å². The molecule has 0 atom stereocenters. The van der Waals surface area contributed by atoms with Gasteiger partial charge in [-0.1, -0.05) is 0 Å². The van der Waals surface area contributed by atoms with Gasteiger partial charge < -0.3 is 16.0 Å². The van der Waals surface area contributed by atoms with Gasteiger partial charge >= 0.3 is 0 Å². The zero-order chi connectivity index (χ0) is 13.1. The second-order valence-electron chi connectivity index (χ2n) is 4.38. The third kappa shape index (κ3) is 3.01. The number of carbonyl (C=O) groups excluding carboxylic acids is 1. The fourth-order valence-electron chi connectivity index (χ4n) is 2.14. The van der Waals surface area contributed by atoms with Gasteiger partial charge in [0.2, 0.25) is 11.2 Å². The van der Waals surface area contributed by atoms with Crippen LogP contribution in [0.3, 0.4) is 0 Å². The average Bonchev–Trinajstić information content (AvgIpc) is 2.33. The number of hydrogen-bond donors (Lipinski definition) is 2. The Bertz CT molecular complexity index is 445. The lowest BCUT2D eigenvalue weighted by Crippen LogP contribution is -2.44. The number of amides is 1. The van der Waals surface area contributed by atoms with Gasteiger partial charge in [-0.15, -0.1) is 0 Å². The first-order valence-electron chi connectivity index (χ1n) is 5.86. The van der Waals surface area contributed by atoms with Crippen LogP contribution in [0.5, 0.6) is 0 Å². The lowest BCUT2D eigenvalue weighted by atomic mass is 10.1. The molecule has 1 aliphatic heterocycles. The zero-order valence-electron chi connectivity index (χ0n) is 10.2. The van der Waals surface area contributed by atoms with Gasteiger partial charge in [0.05, 0.1) is 11.9 Å². The Kier molecular flexibility index (Phi) is 3.86. The van der Waals surface area contributed by atoms with Gasteiger partial charge in [-0.05, 0) is 24.4 Å². The van der Waals surface area contributed by atoms with E-state index < -0.39 is 0 Å². The van der Waals surface area contributed by atoms with Crippen LogP contribution in [-0.2, 0) is 4.79 Å². The van der Waals surface area contributed by atoms with Crippen molar-refractivity contribution in [2.75, 3.05) is 23.7 Å². The van der Waals surface area contributed by atoms with E-state index in [9.17, 15) is 4.79 Å². The monoisotopic (exact) mass is 269 g/mol. The van der Waals surface area contributed by atoms with E-state index in [0.29, 0.717) is 11.5 Å². The van der Waals surface area contributed by atoms with Gasteiger partial charge in [-0.25, -0.2) is 4.98 Å². The first-order valence-corrected chi connectivity index (χ1v) is 6.24. The molecule has 1 aliphatic rings. The van der Waals surface area contributed by atoms with Crippen molar-refractivity contribution in [1.82, 2.24) is 15.3 Å². The molecule has 1 amide bonds. The maximum absolute atomic E-state index is 11.0. The second kappa shape index (κ2) is 5.39. The standard InChI is InChI=1S/C11H16ClN5O/c1-7(18)15-8-2-4-17(5-3-8)10-9(13)6-14-11(12)16-10/h6,8H,2-5,13H2,1H3,(H,15,18). The van der Waals surface area contributed by atoms with Gasteiger partial charge in [-0.3, -0.25) is 4.79 Å². The van der Waals surface area contributed by atoms with E-state index in [1.165, 1.54) is 13.1 Å². The Labute approximate surface area is 111 Å². The van der Waals surface area contributed by atoms with Crippen molar-refractivity contribution < 1.29 is 4.79 Å². The molecule has 3 N–H and O–H groups in total. The van der Waals surface area contributed by atoms with Crippen molar-refractivity contribution in [3.63, 3.8) is 0 Å². The molecule has 18 heavy (non-hydrogen) atoms. The van der Waals surface area contributed by atoms with Crippen molar-refractivity contribution >= 4 is 29.0 Å². The highest BCUT2D eigenvalue weighted by atomic mass is 35.5. The summed E-state index contributed by atoms with van der Waals surface area (Å²) in [5, 5.41) is 3.12. The molecule has 6 nitrogen and oxygen atoms in total. The maximum Gasteiger partial charge on any atom is 0.224 e. The fraction of sp³-hybridized carbons (Fsp3) is 0.545. The molecule has 0 aliphatic carbocycles. The molecule has 0 bridgehead atoms. The van der Waals surface area contributed by atoms with Crippen LogP contribution in [-0.4, -0.2) is 35.0 Å². The van der Waals surface area contributed by atoms with Crippen LogP contribution in [0.15, 0.2) is 6.20 Å². The summed E-state index contributed by atoms with van der Waals surface area (Å²) < 4.78 is 0. The number of nitrogens with two attached hydrogens (primary N) is 1. The minimum atomic E-state index is 0.0121. The first kappa shape index (κ1) is 12.9. The molecule has 0 saturated carbocycles. The molecule has 2 rings (SSSR count). The zero-order valence-corrected chi connectivity index (χ0v) is 10.9. The Morgan fingerprint density at radius 1 is 1.56 bits per heavy atom. The normalized spacial score (nSPS) is 16.7. The largest absolute Gasteiger partial charge is 0.394 e. The minimum absolute atomic E-state index is 0.0121. The number of nitrogen functional groups attached to an aromatic ring is 1. The molecule has 2 heterocycles. The third-order valence-electron chi connectivity index (χ3n) is 2.97. The van der Waals surface area contributed by atoms with Gasteiger partial charge in [0.25, 0.3) is 0 Å². The SMILES string of the molecule is CC(=O)NC1CCN(c2nc(Cl)ncc2N)CC1. The lowest BCUT2D eigenvalue weighted by molar-refractivity contribution is -0.119. The number of anilines is 2. The predicted octanol–water partition coefficient (Wildman–Crippen LogP) is 0.817. The Hall–Kier alpha value is -1.56. The Morgan fingerprint density at radius 2 is 2.22 bits per heavy atom. The van der Waals surface area contributed by atoms with Crippen LogP contribution in [0.25, 0.3) is 0 Å². The number of piperidine rings is 1. The molecular formula is C11H16ClN5O. The van der Waals surface area contributed by atoms with E-state index in [2.05, 4.69) is 20.2 Å². The van der Waals surface area contributed by atoms with E-state index >= 15 is 0 Å². The van der Waals surface area contributed by atoms with Crippen LogP contribution in [0.2, 0.25) is 5.28 Å². The fourth-order valence-corrected chi connectivity index (χ4v) is 2.27. The molecule has 1 saturated heterocycles. The van der Waals surface area contributed by atoms with Gasteiger partial charge in [0.1, 0.15) is 0 Å². The molecule has 1 aromatic heterocycles. The van der Waals surface area contributed by atoms with Gasteiger partial charge in [0.15, 0.2) is 5.82 Å². The van der Waals surface area contributed by atoms with E-state index in [1.807, 2.05) is 0 Å². The van der Waals surface area contributed by atoms with Crippen molar-refractivity contribution in [2.45, 2.75) is 25.8 Å². The summed E-state index contributed by atoms with van der Waals surface area (Å²) in [6, 6.07) is 0.234. The molecule has 0 radical (unpaired) electrons. The van der Waals surface area contributed by atoms with Crippen LogP contribution in [0.1, 0.15) is 19.8 Å². The highest BCUT2D eigenvalue weighted by Crippen LogP contribution is 2.24. The smallest absolute Gasteiger partial charge is 0.224 e. The summed E-state index contributed by atoms with van der Waals surface area (Å²) in [5.74, 6) is 0.689. The van der Waals surface area contributed by atoms with E-state index in [0.717, 1.165) is 25.9 Å². The molecule has 7 heteroatoms. The van der Waals surface area contributed by atoms with E-state index in [-0.39, 0.29) is 17.2 Å². The third-order valence-corrected chi connectivity index (χ3v) is 3.15. The van der Waals surface area contributed by atoms with Crippen molar-refractivity contribution in [3.05, 3.63) is 11.5 Å². The molecule has 0 unspecified atom stereocenters. The van der Waals surface area contributed by atoms with Crippen LogP contribution in [0, 0.1) is 0 Å². The number of hydrogen-bond acceptors (Lipinski definition) is 5. The molecule has 0 aromatic carbocycles. The summed E-state index contributed by atoms with van der Waals surface area (Å²) in [5.41, 5.74) is 6.37. The molecule has 1 aromatic rings. The number of nitrogens with one attached hydrogen (secondary N) is 1. The Balaban J connectivity index is 2.01. The van der Waals surface area contributed by atoms with Gasteiger partial charge in [-0.2, -0.15) is 4.98 Å². The highest BCUT2D eigenvalue weighted by Gasteiger charge is 2.22. The number of halogens is 1. The number of carbonyl (C=O) groups is 1. The molecule has 0 spiro atoms.